The minimum absolute atomic E-state index is 0.0300. The van der Waals surface area contributed by atoms with Crippen LogP contribution in [0.25, 0.3) is 10.4 Å². The molecule has 19 nitrogen and oxygen atoms in total. The molecule has 0 bridgehead atoms. The molecule has 2 aromatic heterocycles. The molecule has 2 aliphatic rings. The number of benzene rings is 3. The molecule has 0 spiro atoms. The van der Waals surface area contributed by atoms with Crippen LogP contribution in [-0.4, -0.2) is 139 Å². The number of hydrogen-bond acceptors (Lipinski definition) is 16. The Balaban J connectivity index is 0.802. The molecule has 0 saturated carbocycles. The Morgan fingerprint density at radius 1 is 0.932 bits per heavy atom. The van der Waals surface area contributed by atoms with Crippen LogP contribution in [0.2, 0.25) is 5.02 Å². The minimum Gasteiger partial charge on any atom is -0.494 e. The van der Waals surface area contributed by atoms with E-state index in [-0.39, 0.29) is 63.8 Å². The normalized spacial score (nSPS) is 16.6. The van der Waals surface area contributed by atoms with E-state index in [0.717, 1.165) is 27.4 Å². The standard InChI is InChI=1S/C52H66ClN10O9PS/c1-32-46(74-31-56-32)34-14-12-33(13-15-34)26-54-49(67)41-25-37(64)28-63(41)50(68)47(52(2,3)4)60-45(66)30-72-23-22-71-29-44(65)57-35-18-20-62(21-19-35)36-16-17-39(42(24-36)70-5)59-51-55-27-38(53)48(61-51)58-40-10-8-9-11-43(40)73(6,7)69/h8-17,24,27,31,35,37,41,47,64H,18-23,25-26,28-30H2,1-7H3,(H,54,67)(H,57,65)(H,60,66)(H2,55,58,59,61)/t37-,41+,47?/m1/s1. The highest BCUT2D eigenvalue weighted by atomic mass is 35.5. The van der Waals surface area contributed by atoms with Gasteiger partial charge in [-0.1, -0.05) is 68.8 Å². The number of likely N-dealkylation sites (tertiary alicyclic amines) is 1. The average molecular weight is 1070 g/mol. The molecule has 74 heavy (non-hydrogen) atoms. The topological polar surface area (TPSA) is 239 Å². The van der Waals surface area contributed by atoms with Crippen LogP contribution in [-0.2, 0) is 39.8 Å². The molecule has 2 aliphatic heterocycles. The van der Waals surface area contributed by atoms with Crippen LogP contribution >= 0.6 is 30.1 Å². The highest BCUT2D eigenvalue weighted by Gasteiger charge is 2.44. The zero-order valence-corrected chi connectivity index (χ0v) is 45.2. The molecule has 22 heteroatoms. The van der Waals surface area contributed by atoms with Crippen molar-refractivity contribution in [2.45, 2.75) is 77.7 Å². The molecule has 1 unspecified atom stereocenters. The van der Waals surface area contributed by atoms with Gasteiger partial charge in [0.15, 0.2) is 5.82 Å². The van der Waals surface area contributed by atoms with Crippen molar-refractivity contribution < 1.29 is 43.1 Å². The van der Waals surface area contributed by atoms with Gasteiger partial charge in [0.1, 0.15) is 43.2 Å². The smallest absolute Gasteiger partial charge is 0.246 e. The van der Waals surface area contributed by atoms with Crippen molar-refractivity contribution in [1.82, 2.24) is 35.8 Å². The van der Waals surface area contributed by atoms with Crippen LogP contribution in [0.5, 0.6) is 5.75 Å². The molecule has 4 heterocycles. The Morgan fingerprint density at radius 2 is 1.64 bits per heavy atom. The molecule has 0 aliphatic carbocycles. The predicted octanol–water partition coefficient (Wildman–Crippen LogP) is 6.23. The Labute approximate surface area is 440 Å². The third-order valence-corrected chi connectivity index (χ3v) is 15.5. The number of nitrogens with zero attached hydrogens (tertiary/aromatic N) is 5. The second-order valence-electron chi connectivity index (χ2n) is 19.8. The minimum atomic E-state index is -2.59. The lowest BCUT2D eigenvalue weighted by Gasteiger charge is -2.35. The Kier molecular flexibility index (Phi) is 18.7. The van der Waals surface area contributed by atoms with Crippen molar-refractivity contribution >= 4 is 87.8 Å². The lowest BCUT2D eigenvalue weighted by molar-refractivity contribution is -0.144. The first kappa shape index (κ1) is 55.6. The third-order valence-electron chi connectivity index (χ3n) is 12.7. The van der Waals surface area contributed by atoms with Crippen LogP contribution in [0.1, 0.15) is 51.3 Å². The quantitative estimate of drug-likeness (QED) is 0.0353. The number of ether oxygens (including phenoxy) is 3. The number of piperidine rings is 1. The average Bonchev–Trinajstić information content (AvgIpc) is 3.99. The summed E-state index contributed by atoms with van der Waals surface area (Å²) < 4.78 is 29.8. The van der Waals surface area contributed by atoms with Crippen molar-refractivity contribution in [3.8, 4) is 16.2 Å². The number of hydrogen-bond donors (Lipinski definition) is 6. The predicted molar refractivity (Wildman–Crippen MR) is 289 cm³/mol. The van der Waals surface area contributed by atoms with Crippen LogP contribution in [0.15, 0.2) is 78.4 Å². The molecule has 4 amide bonds. The van der Waals surface area contributed by atoms with E-state index in [4.69, 9.17) is 25.8 Å². The summed E-state index contributed by atoms with van der Waals surface area (Å²) in [5.74, 6) is -0.450. The van der Waals surface area contributed by atoms with Gasteiger partial charge in [0.2, 0.25) is 29.6 Å². The van der Waals surface area contributed by atoms with Crippen molar-refractivity contribution in [3.63, 3.8) is 0 Å². The van der Waals surface area contributed by atoms with Crippen molar-refractivity contribution in [2.75, 3.05) is 82.0 Å². The number of nitrogens with one attached hydrogen (secondary N) is 5. The number of anilines is 5. The number of para-hydroxylation sites is 1. The summed E-state index contributed by atoms with van der Waals surface area (Å²) in [7, 11) is -1.00. The van der Waals surface area contributed by atoms with E-state index in [9.17, 15) is 28.8 Å². The summed E-state index contributed by atoms with van der Waals surface area (Å²) in [5.41, 5.74) is 6.18. The lowest BCUT2D eigenvalue weighted by Crippen LogP contribution is -2.58. The maximum absolute atomic E-state index is 14.0. The number of aryl methyl sites for hydroxylation is 1. The van der Waals surface area contributed by atoms with Gasteiger partial charge in [0.25, 0.3) is 0 Å². The molecule has 7 rings (SSSR count). The highest BCUT2D eigenvalue weighted by Crippen LogP contribution is 2.39. The fourth-order valence-electron chi connectivity index (χ4n) is 8.77. The van der Waals surface area contributed by atoms with Crippen LogP contribution in [0.4, 0.5) is 28.8 Å². The zero-order valence-electron chi connectivity index (χ0n) is 42.8. The molecule has 2 saturated heterocycles. The van der Waals surface area contributed by atoms with Gasteiger partial charge < -0.3 is 60.3 Å². The fraction of sp³-hybridized carbons (Fsp3) is 0.442. The number of aliphatic hydroxyl groups is 1. The SMILES string of the molecule is COc1cc(N2CCC(NC(=O)COCCOCC(=O)NC(C(=O)N3C[C@H](O)C[C@H]3C(=O)NCc3ccc(-c4scnc4C)cc3)C(C)(C)C)CC2)ccc1Nc1ncc(Cl)c(Nc2ccccc2P(C)(C)=O)n1. The van der Waals surface area contributed by atoms with E-state index in [1.807, 2.05) is 94.4 Å². The molecule has 396 valence electrons. The van der Waals surface area contributed by atoms with E-state index >= 15 is 0 Å². The Bertz CT molecular complexity index is 2820. The second-order valence-corrected chi connectivity index (χ2v) is 24.2. The maximum Gasteiger partial charge on any atom is 0.246 e. The fourth-order valence-corrected chi connectivity index (χ4v) is 10.9. The summed E-state index contributed by atoms with van der Waals surface area (Å²) in [5, 5.41) is 26.7. The van der Waals surface area contributed by atoms with E-state index in [1.54, 1.807) is 37.3 Å². The molecule has 5 aromatic rings. The number of rotatable bonds is 21. The van der Waals surface area contributed by atoms with Gasteiger partial charge in [-0.3, -0.25) is 19.2 Å². The molecule has 6 N–H and O–H groups in total. The lowest BCUT2D eigenvalue weighted by atomic mass is 9.85. The Morgan fingerprint density at radius 3 is 2.30 bits per heavy atom. The first-order valence-electron chi connectivity index (χ1n) is 24.4. The molecule has 3 atom stereocenters. The molecule has 2 fully saturated rings. The van der Waals surface area contributed by atoms with Crippen molar-refractivity contribution in [2.24, 2.45) is 5.41 Å². The zero-order chi connectivity index (χ0) is 53.2. The first-order valence-corrected chi connectivity index (χ1v) is 28.3. The van der Waals surface area contributed by atoms with Gasteiger partial charge in [-0.2, -0.15) is 4.98 Å². The largest absolute Gasteiger partial charge is 0.494 e. The van der Waals surface area contributed by atoms with Gasteiger partial charge in [-0.25, -0.2) is 9.97 Å². The summed E-state index contributed by atoms with van der Waals surface area (Å²) in [6.07, 6.45) is 2.09. The molecular formula is C52H66ClN10O9PS. The number of carbonyl (C=O) groups is 4. The van der Waals surface area contributed by atoms with E-state index in [1.165, 1.54) is 11.1 Å². The van der Waals surface area contributed by atoms with E-state index < -0.39 is 48.5 Å². The van der Waals surface area contributed by atoms with Crippen LogP contribution in [0, 0.1) is 12.3 Å². The number of carbonyl (C=O) groups excluding carboxylic acids is 4. The summed E-state index contributed by atoms with van der Waals surface area (Å²) in [6.45, 7) is 11.9. The first-order chi connectivity index (χ1) is 35.3. The number of thiazole rings is 1. The second kappa shape index (κ2) is 24.9. The van der Waals surface area contributed by atoms with Gasteiger partial charge >= 0.3 is 0 Å². The van der Waals surface area contributed by atoms with E-state index in [2.05, 4.69) is 46.4 Å². The van der Waals surface area contributed by atoms with Crippen LogP contribution < -0.4 is 41.5 Å². The highest BCUT2D eigenvalue weighted by molar-refractivity contribution is 7.70. The van der Waals surface area contributed by atoms with Gasteiger partial charge in [0, 0.05) is 55.7 Å². The number of aromatic nitrogens is 3. The molecule has 3 aromatic carbocycles. The third kappa shape index (κ3) is 14.8. The summed E-state index contributed by atoms with van der Waals surface area (Å²) in [4.78, 5) is 71.2. The van der Waals surface area contributed by atoms with Gasteiger partial charge in [-0.05, 0) is 73.9 Å². The van der Waals surface area contributed by atoms with Gasteiger partial charge in [-0.15, -0.1) is 11.3 Å². The number of amides is 4. The monoisotopic (exact) mass is 1070 g/mol. The molecule has 0 radical (unpaired) electrons. The number of halogens is 1. The van der Waals surface area contributed by atoms with Crippen molar-refractivity contribution in [3.05, 3.63) is 94.7 Å². The molecular weight excluding hydrogens is 1010 g/mol. The van der Waals surface area contributed by atoms with E-state index in [0.29, 0.717) is 59.2 Å². The van der Waals surface area contributed by atoms with Crippen molar-refractivity contribution in [1.29, 1.82) is 0 Å². The maximum atomic E-state index is 14.0. The number of methoxy groups -OCH3 is 1. The van der Waals surface area contributed by atoms with Gasteiger partial charge in [0.05, 0.1) is 60.1 Å². The summed E-state index contributed by atoms with van der Waals surface area (Å²) >= 11 is 8.03. The number of β-amino-alcohol motifs (C(OH)–C–C–N with tert-alkyl or cyclic N) is 1. The summed E-state index contributed by atoms with van der Waals surface area (Å²) in [6, 6.07) is 19.0. The number of aliphatic hydroxyl groups excluding tert-OH is 1. The van der Waals surface area contributed by atoms with Crippen LogP contribution in [0.3, 0.4) is 0 Å². The Hall–Kier alpha value is -6.15.